The predicted octanol–water partition coefficient (Wildman–Crippen LogP) is 4.02. The second-order valence-electron chi connectivity index (χ2n) is 7.78. The number of hydrogen-bond donors (Lipinski definition) is 1. The van der Waals surface area contributed by atoms with E-state index in [-0.39, 0.29) is 12.2 Å². The summed E-state index contributed by atoms with van der Waals surface area (Å²) in [5.41, 5.74) is 1.39. The summed E-state index contributed by atoms with van der Waals surface area (Å²) < 4.78 is 11.9. The minimum absolute atomic E-state index is 0.116. The molecule has 29 heavy (non-hydrogen) atoms. The third kappa shape index (κ3) is 4.69. The summed E-state index contributed by atoms with van der Waals surface area (Å²) in [5, 5.41) is 11.6. The van der Waals surface area contributed by atoms with Crippen LogP contribution in [0.15, 0.2) is 36.4 Å². The summed E-state index contributed by atoms with van der Waals surface area (Å²) in [4.78, 5) is 13.4. The molecule has 0 unspecified atom stereocenters. The lowest BCUT2D eigenvalue weighted by Gasteiger charge is -2.39. The molecule has 0 aliphatic carbocycles. The number of halogens is 2. The maximum Gasteiger partial charge on any atom is 0.153 e. The molecule has 5 nitrogen and oxygen atoms in total. The van der Waals surface area contributed by atoms with Gasteiger partial charge < -0.3 is 19.5 Å². The Hall–Kier alpha value is -1.79. The van der Waals surface area contributed by atoms with Gasteiger partial charge in [-0.25, -0.2) is 0 Å². The molecule has 0 aromatic heterocycles. The SMILES string of the molecule is O=Cc1cc(Cl)ccc1OC[C@@H](O)CN1CCC2(CC1)Cc1cc(Cl)ccc1O2. The van der Waals surface area contributed by atoms with Crippen molar-refractivity contribution < 1.29 is 19.4 Å². The number of hydrogen-bond acceptors (Lipinski definition) is 5. The first kappa shape index (κ1) is 20.5. The quantitative estimate of drug-likeness (QED) is 0.694. The van der Waals surface area contributed by atoms with Gasteiger partial charge in [0.05, 0.1) is 5.56 Å². The highest BCUT2D eigenvalue weighted by atomic mass is 35.5. The monoisotopic (exact) mass is 435 g/mol. The highest BCUT2D eigenvalue weighted by Gasteiger charge is 2.42. The molecule has 7 heteroatoms. The first-order chi connectivity index (χ1) is 14.0. The van der Waals surface area contributed by atoms with E-state index >= 15 is 0 Å². The van der Waals surface area contributed by atoms with Crippen molar-refractivity contribution in [1.29, 1.82) is 0 Å². The molecule has 4 rings (SSSR count). The normalized spacial score (nSPS) is 18.9. The fourth-order valence-electron chi connectivity index (χ4n) is 4.10. The highest BCUT2D eigenvalue weighted by Crippen LogP contribution is 2.41. The van der Waals surface area contributed by atoms with Gasteiger partial charge in [-0.15, -0.1) is 0 Å². The van der Waals surface area contributed by atoms with Crippen LogP contribution in [0.2, 0.25) is 10.0 Å². The van der Waals surface area contributed by atoms with E-state index in [1.54, 1.807) is 18.2 Å². The summed E-state index contributed by atoms with van der Waals surface area (Å²) in [6.07, 6.45) is 2.73. The molecule has 2 heterocycles. The average Bonchev–Trinajstić information content (AvgIpc) is 3.05. The lowest BCUT2D eigenvalue weighted by molar-refractivity contribution is -0.00198. The summed E-state index contributed by atoms with van der Waals surface area (Å²) in [7, 11) is 0. The van der Waals surface area contributed by atoms with Crippen LogP contribution >= 0.6 is 23.2 Å². The molecule has 0 bridgehead atoms. The Bertz CT molecular complexity index is 896. The van der Waals surface area contributed by atoms with E-state index < -0.39 is 6.10 Å². The lowest BCUT2D eigenvalue weighted by Crippen LogP contribution is -2.49. The van der Waals surface area contributed by atoms with Crippen LogP contribution in [0.4, 0.5) is 0 Å². The van der Waals surface area contributed by atoms with Crippen molar-refractivity contribution >= 4 is 29.5 Å². The second-order valence-corrected chi connectivity index (χ2v) is 8.65. The number of aliphatic hydroxyl groups is 1. The van der Waals surface area contributed by atoms with Crippen molar-refractivity contribution in [3.63, 3.8) is 0 Å². The van der Waals surface area contributed by atoms with E-state index in [0.29, 0.717) is 29.2 Å². The fourth-order valence-corrected chi connectivity index (χ4v) is 4.48. The van der Waals surface area contributed by atoms with Crippen molar-refractivity contribution in [2.75, 3.05) is 26.2 Å². The van der Waals surface area contributed by atoms with Crippen molar-refractivity contribution in [2.45, 2.75) is 31.0 Å². The van der Waals surface area contributed by atoms with Crippen molar-refractivity contribution in [3.8, 4) is 11.5 Å². The molecule has 1 saturated heterocycles. The number of benzene rings is 2. The van der Waals surface area contributed by atoms with Gasteiger partial charge >= 0.3 is 0 Å². The average molecular weight is 436 g/mol. The van der Waals surface area contributed by atoms with Gasteiger partial charge in [0.1, 0.15) is 29.8 Å². The summed E-state index contributed by atoms with van der Waals surface area (Å²) in [6.45, 7) is 2.32. The molecule has 2 aliphatic heterocycles. The van der Waals surface area contributed by atoms with E-state index in [2.05, 4.69) is 4.90 Å². The zero-order valence-corrected chi connectivity index (χ0v) is 17.5. The maximum absolute atomic E-state index is 11.1. The van der Waals surface area contributed by atoms with Crippen LogP contribution in [0, 0.1) is 0 Å². The maximum atomic E-state index is 11.1. The number of rotatable bonds is 6. The third-order valence-corrected chi connectivity index (χ3v) is 6.10. The van der Waals surface area contributed by atoms with Gasteiger partial charge in [-0.2, -0.15) is 0 Å². The van der Waals surface area contributed by atoms with Crippen LogP contribution in [-0.2, 0) is 6.42 Å². The number of carbonyl (C=O) groups is 1. The molecule has 1 spiro atoms. The molecular formula is C22H23Cl2NO4. The van der Waals surface area contributed by atoms with E-state index in [9.17, 15) is 9.90 Å². The first-order valence-electron chi connectivity index (χ1n) is 9.72. The van der Waals surface area contributed by atoms with Crippen molar-refractivity contribution in [1.82, 2.24) is 4.90 Å². The molecule has 1 N–H and O–H groups in total. The van der Waals surface area contributed by atoms with Gasteiger partial charge in [0.15, 0.2) is 6.29 Å². The van der Waals surface area contributed by atoms with Gasteiger partial charge in [-0.05, 0) is 42.0 Å². The second kappa shape index (κ2) is 8.52. The Morgan fingerprint density at radius 1 is 1.17 bits per heavy atom. The molecule has 0 amide bonds. The largest absolute Gasteiger partial charge is 0.490 e. The smallest absolute Gasteiger partial charge is 0.153 e. The first-order valence-corrected chi connectivity index (χ1v) is 10.5. The molecule has 154 valence electrons. The fraction of sp³-hybridized carbons (Fsp3) is 0.409. The molecular weight excluding hydrogens is 413 g/mol. The van der Waals surface area contributed by atoms with Gasteiger partial charge in [0.2, 0.25) is 0 Å². The van der Waals surface area contributed by atoms with E-state index in [4.69, 9.17) is 32.7 Å². The minimum Gasteiger partial charge on any atom is -0.490 e. The Morgan fingerprint density at radius 3 is 2.66 bits per heavy atom. The van der Waals surface area contributed by atoms with Crippen molar-refractivity contribution in [2.24, 2.45) is 0 Å². The zero-order valence-electron chi connectivity index (χ0n) is 15.9. The molecule has 2 aromatic rings. The van der Waals surface area contributed by atoms with E-state index in [1.165, 1.54) is 5.56 Å². The number of nitrogens with zero attached hydrogens (tertiary/aromatic N) is 1. The van der Waals surface area contributed by atoms with Gasteiger partial charge in [-0.3, -0.25) is 4.79 Å². The van der Waals surface area contributed by atoms with Gasteiger partial charge in [0.25, 0.3) is 0 Å². The van der Waals surface area contributed by atoms with Gasteiger partial charge in [-0.1, -0.05) is 23.2 Å². The number of aldehydes is 1. The number of β-amino-alcohol motifs (C(OH)–C–C–N with tert-alkyl or cyclic N) is 1. The Balaban J connectivity index is 1.26. The summed E-state index contributed by atoms with van der Waals surface area (Å²) in [6, 6.07) is 10.7. The van der Waals surface area contributed by atoms with E-state index in [0.717, 1.165) is 43.1 Å². The van der Waals surface area contributed by atoms with Crippen LogP contribution in [-0.4, -0.2) is 54.2 Å². The molecule has 1 atom stereocenters. The predicted molar refractivity (Wildman–Crippen MR) is 113 cm³/mol. The number of carbonyl (C=O) groups excluding carboxylic acids is 1. The Kier molecular flexibility index (Phi) is 6.02. The van der Waals surface area contributed by atoms with Crippen LogP contribution in [0.3, 0.4) is 0 Å². The van der Waals surface area contributed by atoms with Crippen LogP contribution < -0.4 is 9.47 Å². The summed E-state index contributed by atoms with van der Waals surface area (Å²) in [5.74, 6) is 1.36. The number of aliphatic hydroxyl groups excluding tert-OH is 1. The minimum atomic E-state index is -0.653. The molecule has 1 fully saturated rings. The zero-order chi connectivity index (χ0) is 20.4. The topological polar surface area (TPSA) is 59.0 Å². The standard InChI is InChI=1S/C22H23Cl2NO4/c23-17-2-4-21-15(9-17)11-22(29-21)5-7-25(8-6-22)12-19(27)14-28-20-3-1-18(24)10-16(20)13-26/h1-4,9-10,13,19,27H,5-8,11-12,14H2/t19-/m0/s1. The number of ether oxygens (including phenoxy) is 2. The number of piperidine rings is 1. The van der Waals surface area contributed by atoms with E-state index in [1.807, 2.05) is 18.2 Å². The number of fused-ring (bicyclic) bond motifs is 1. The van der Waals surface area contributed by atoms with Crippen molar-refractivity contribution in [3.05, 3.63) is 57.6 Å². The molecule has 2 aliphatic rings. The lowest BCUT2D eigenvalue weighted by atomic mass is 9.87. The summed E-state index contributed by atoms with van der Waals surface area (Å²) >= 11 is 12.0. The third-order valence-electron chi connectivity index (χ3n) is 5.63. The Labute approximate surface area is 180 Å². The number of likely N-dealkylation sites (tertiary alicyclic amines) is 1. The van der Waals surface area contributed by atoms with Gasteiger partial charge in [0, 0.05) is 48.9 Å². The molecule has 0 radical (unpaired) electrons. The van der Waals surface area contributed by atoms with Crippen LogP contribution in [0.5, 0.6) is 11.5 Å². The molecule has 0 saturated carbocycles. The Morgan fingerprint density at radius 2 is 1.90 bits per heavy atom. The molecule has 2 aromatic carbocycles. The highest BCUT2D eigenvalue weighted by molar-refractivity contribution is 6.31. The van der Waals surface area contributed by atoms with Crippen LogP contribution in [0.25, 0.3) is 0 Å². The van der Waals surface area contributed by atoms with Crippen LogP contribution in [0.1, 0.15) is 28.8 Å².